The zero-order valence-corrected chi connectivity index (χ0v) is 12.0. The maximum Gasteiger partial charge on any atom is 0.317 e. The van der Waals surface area contributed by atoms with Crippen molar-refractivity contribution in [2.24, 2.45) is 11.5 Å². The first-order chi connectivity index (χ1) is 9.08. The van der Waals surface area contributed by atoms with Crippen molar-refractivity contribution in [2.75, 3.05) is 13.1 Å². The normalized spacial score (nSPS) is 7.45. The van der Waals surface area contributed by atoms with E-state index in [2.05, 4.69) is 5.73 Å². The van der Waals surface area contributed by atoms with Gasteiger partial charge in [-0.05, 0) is 13.5 Å². The summed E-state index contributed by atoms with van der Waals surface area (Å²) in [5.41, 5.74) is 9.42. The van der Waals surface area contributed by atoms with E-state index in [1.807, 2.05) is 13.8 Å². The summed E-state index contributed by atoms with van der Waals surface area (Å²) in [6.07, 6.45) is -0.139. The third-order valence-corrected chi connectivity index (χ3v) is 0.975. The summed E-state index contributed by atoms with van der Waals surface area (Å²) in [6, 6.07) is 0. The standard InChI is InChI=1S/C4H8O.C3H4O4.C2H5NO2.C2H7N/c1-3-4(2)5;4-2(5)1-3(6)7;3-1-2(4)5;1-2-3/h3H2,1-2H3;1H2,(H,4,5)(H,6,7);1,3H2,(H,4,5);2-3H2,1H3. The highest BCUT2D eigenvalue weighted by Gasteiger charge is 2.01. The highest BCUT2D eigenvalue weighted by atomic mass is 16.4. The Kier molecular flexibility index (Phi) is 29.5. The van der Waals surface area contributed by atoms with E-state index in [0.717, 1.165) is 6.54 Å². The Balaban J connectivity index is -0.0000000890. The molecule has 0 bridgehead atoms. The molecular formula is C11H24N2O7. The van der Waals surface area contributed by atoms with Crippen LogP contribution in [0.2, 0.25) is 0 Å². The van der Waals surface area contributed by atoms with Gasteiger partial charge in [0.05, 0.1) is 6.54 Å². The van der Waals surface area contributed by atoms with Gasteiger partial charge in [-0.3, -0.25) is 14.4 Å². The molecule has 0 aliphatic rings. The van der Waals surface area contributed by atoms with Crippen LogP contribution >= 0.6 is 0 Å². The summed E-state index contributed by atoms with van der Waals surface area (Å²) in [4.78, 5) is 37.9. The molecule has 0 aliphatic carbocycles. The smallest absolute Gasteiger partial charge is 0.317 e. The molecular weight excluding hydrogens is 272 g/mol. The van der Waals surface area contributed by atoms with E-state index in [1.54, 1.807) is 6.92 Å². The van der Waals surface area contributed by atoms with Crippen molar-refractivity contribution < 1.29 is 34.5 Å². The SMILES string of the molecule is CCC(C)=O.CCN.NCC(=O)O.O=C(O)CC(=O)O. The molecule has 0 aromatic heterocycles. The fourth-order valence-corrected chi connectivity index (χ4v) is 0.129. The summed E-state index contributed by atoms with van der Waals surface area (Å²) in [6.45, 7) is 5.81. The van der Waals surface area contributed by atoms with Crippen LogP contribution in [0, 0.1) is 0 Å². The molecule has 9 nitrogen and oxygen atoms in total. The topological polar surface area (TPSA) is 181 Å². The average molecular weight is 296 g/mol. The Hall–Kier alpha value is -2.00. The van der Waals surface area contributed by atoms with Crippen molar-refractivity contribution in [2.45, 2.75) is 33.6 Å². The summed E-state index contributed by atoms with van der Waals surface area (Å²) < 4.78 is 0. The van der Waals surface area contributed by atoms with Gasteiger partial charge in [0, 0.05) is 6.42 Å². The maximum atomic E-state index is 9.81. The highest BCUT2D eigenvalue weighted by molar-refractivity contribution is 5.88. The van der Waals surface area contributed by atoms with Crippen molar-refractivity contribution in [3.8, 4) is 0 Å². The number of carboxylic acid groups (broad SMARTS) is 3. The molecule has 0 saturated carbocycles. The van der Waals surface area contributed by atoms with Crippen molar-refractivity contribution in [3.05, 3.63) is 0 Å². The van der Waals surface area contributed by atoms with Gasteiger partial charge < -0.3 is 31.6 Å². The van der Waals surface area contributed by atoms with Crippen molar-refractivity contribution >= 4 is 23.7 Å². The van der Waals surface area contributed by atoms with Crippen LogP contribution in [0.5, 0.6) is 0 Å². The van der Waals surface area contributed by atoms with Gasteiger partial charge in [-0.2, -0.15) is 0 Å². The number of carbonyl (C=O) groups excluding carboxylic acids is 1. The van der Waals surface area contributed by atoms with Crippen LogP contribution in [-0.4, -0.2) is 52.1 Å². The van der Waals surface area contributed by atoms with E-state index in [0.29, 0.717) is 6.42 Å². The second-order valence-electron chi connectivity index (χ2n) is 3.03. The zero-order valence-electron chi connectivity index (χ0n) is 12.0. The Bertz CT molecular complexity index is 254. The van der Waals surface area contributed by atoms with E-state index in [1.165, 1.54) is 0 Å². The summed E-state index contributed by atoms with van der Waals surface area (Å²) >= 11 is 0. The van der Waals surface area contributed by atoms with Gasteiger partial charge in [0.25, 0.3) is 0 Å². The first-order valence-corrected chi connectivity index (χ1v) is 5.63. The minimum Gasteiger partial charge on any atom is -0.481 e. The third kappa shape index (κ3) is 100. The van der Waals surface area contributed by atoms with Gasteiger partial charge in [0.1, 0.15) is 12.2 Å². The Morgan fingerprint density at radius 1 is 0.850 bits per heavy atom. The zero-order chi connectivity index (χ0) is 17.1. The van der Waals surface area contributed by atoms with E-state index in [-0.39, 0.29) is 12.3 Å². The third-order valence-electron chi connectivity index (χ3n) is 0.975. The number of ketones is 1. The van der Waals surface area contributed by atoms with Crippen LogP contribution in [-0.2, 0) is 19.2 Å². The molecule has 0 aliphatic heterocycles. The van der Waals surface area contributed by atoms with E-state index >= 15 is 0 Å². The molecule has 0 heterocycles. The summed E-state index contributed by atoms with van der Waals surface area (Å²) in [5, 5.41) is 23.0. The Morgan fingerprint density at radius 2 is 1.05 bits per heavy atom. The molecule has 0 fully saturated rings. The first-order valence-electron chi connectivity index (χ1n) is 5.63. The number of Topliss-reactive ketones (excluding diaryl/α,β-unsaturated/α-hetero) is 1. The predicted octanol–water partition coefficient (Wildman–Crippen LogP) is -0.474. The van der Waals surface area contributed by atoms with Gasteiger partial charge in [-0.1, -0.05) is 13.8 Å². The second-order valence-corrected chi connectivity index (χ2v) is 3.03. The lowest BCUT2D eigenvalue weighted by molar-refractivity contribution is -0.147. The fraction of sp³-hybridized carbons (Fsp3) is 0.636. The number of carbonyl (C=O) groups is 4. The van der Waals surface area contributed by atoms with Crippen molar-refractivity contribution in [1.82, 2.24) is 0 Å². The molecule has 0 spiro atoms. The molecule has 120 valence electrons. The fourth-order valence-electron chi connectivity index (χ4n) is 0.129. The molecule has 0 aromatic rings. The van der Waals surface area contributed by atoms with Gasteiger partial charge >= 0.3 is 17.9 Å². The number of aliphatic carboxylic acids is 3. The molecule has 20 heavy (non-hydrogen) atoms. The largest absolute Gasteiger partial charge is 0.481 e. The molecule has 0 rings (SSSR count). The van der Waals surface area contributed by atoms with Crippen LogP contribution in [0.3, 0.4) is 0 Å². The van der Waals surface area contributed by atoms with Gasteiger partial charge in [0.15, 0.2) is 0 Å². The van der Waals surface area contributed by atoms with Crippen LogP contribution < -0.4 is 11.5 Å². The monoisotopic (exact) mass is 296 g/mol. The molecule has 9 heteroatoms. The molecule has 0 saturated heterocycles. The van der Waals surface area contributed by atoms with Crippen molar-refractivity contribution in [3.63, 3.8) is 0 Å². The van der Waals surface area contributed by atoms with Crippen LogP contribution in [0.1, 0.15) is 33.6 Å². The van der Waals surface area contributed by atoms with E-state index in [9.17, 15) is 19.2 Å². The Labute approximate surface area is 117 Å². The summed E-state index contributed by atoms with van der Waals surface area (Å²) in [7, 11) is 0. The van der Waals surface area contributed by atoms with Gasteiger partial charge in [0.2, 0.25) is 0 Å². The number of rotatable bonds is 4. The van der Waals surface area contributed by atoms with Crippen LogP contribution in [0.25, 0.3) is 0 Å². The second kappa shape index (κ2) is 22.2. The van der Waals surface area contributed by atoms with E-state index < -0.39 is 24.3 Å². The molecule has 0 amide bonds. The van der Waals surface area contributed by atoms with Gasteiger partial charge in [-0.25, -0.2) is 0 Å². The predicted molar refractivity (Wildman–Crippen MR) is 72.3 cm³/mol. The lowest BCUT2D eigenvalue weighted by Crippen LogP contribution is -2.10. The number of hydrogen-bond acceptors (Lipinski definition) is 6. The van der Waals surface area contributed by atoms with Crippen LogP contribution in [0.4, 0.5) is 0 Å². The van der Waals surface area contributed by atoms with E-state index in [4.69, 9.17) is 21.1 Å². The lowest BCUT2D eigenvalue weighted by atomic mass is 10.4. The maximum absolute atomic E-state index is 9.81. The first kappa shape index (κ1) is 26.5. The van der Waals surface area contributed by atoms with Gasteiger partial charge in [-0.15, -0.1) is 0 Å². The highest BCUT2D eigenvalue weighted by Crippen LogP contribution is 1.74. The molecule has 0 aromatic carbocycles. The minimum atomic E-state index is -1.31. The molecule has 0 radical (unpaired) electrons. The van der Waals surface area contributed by atoms with Crippen LogP contribution in [0.15, 0.2) is 0 Å². The minimum absolute atomic E-state index is 0.255. The number of hydrogen-bond donors (Lipinski definition) is 5. The summed E-state index contributed by atoms with van der Waals surface area (Å²) in [5.74, 6) is -3.34. The average Bonchev–Trinajstić information content (AvgIpc) is 2.29. The molecule has 7 N–H and O–H groups in total. The van der Waals surface area contributed by atoms with Crippen molar-refractivity contribution in [1.29, 1.82) is 0 Å². The Morgan fingerprint density at radius 3 is 1.05 bits per heavy atom. The number of nitrogens with two attached hydrogens (primary N) is 2. The molecule has 0 unspecified atom stereocenters. The lowest BCUT2D eigenvalue weighted by Gasteiger charge is -1.80. The molecule has 0 atom stereocenters. The quantitative estimate of drug-likeness (QED) is 0.428. The number of carboxylic acids is 3.